The first-order valence-corrected chi connectivity index (χ1v) is 13.3. The number of allylic oxidation sites excluding steroid dienone is 2. The molecule has 2 aromatic carbocycles. The molecule has 0 saturated heterocycles. The summed E-state index contributed by atoms with van der Waals surface area (Å²) in [6.07, 6.45) is 2.52. The first-order valence-electron chi connectivity index (χ1n) is 13.3. The molecule has 0 bridgehead atoms. The second-order valence-electron chi connectivity index (χ2n) is 9.84. The molecule has 208 valence electrons. The highest BCUT2D eigenvalue weighted by atomic mass is 16.5. The van der Waals surface area contributed by atoms with Crippen LogP contribution in [0.2, 0.25) is 0 Å². The zero-order chi connectivity index (χ0) is 28.1. The number of carbonyl (C=O) groups is 2. The monoisotopic (exact) mass is 535 g/mol. The zero-order valence-corrected chi connectivity index (χ0v) is 23.5. The average Bonchev–Trinajstić information content (AvgIpc) is 2.95. The SMILES string of the molecule is CCCCOC(=O)C1C(C)=NC2=C(C(=O)C[C@@H](c3ccc(OC)c(OC)c3)C2)[C@@H]1c1ccc(OC)cc1OC. The van der Waals surface area contributed by atoms with Crippen LogP contribution in [0, 0.1) is 5.92 Å². The van der Waals surface area contributed by atoms with Crippen LogP contribution in [-0.2, 0) is 14.3 Å². The van der Waals surface area contributed by atoms with Crippen molar-refractivity contribution in [2.45, 2.75) is 51.4 Å². The van der Waals surface area contributed by atoms with Crippen molar-refractivity contribution in [3.8, 4) is 23.0 Å². The molecule has 0 aromatic heterocycles. The molecular weight excluding hydrogens is 498 g/mol. The second-order valence-corrected chi connectivity index (χ2v) is 9.84. The number of hydrogen-bond donors (Lipinski definition) is 0. The Kier molecular flexibility index (Phi) is 8.94. The third-order valence-corrected chi connectivity index (χ3v) is 7.54. The van der Waals surface area contributed by atoms with E-state index in [0.29, 0.717) is 53.0 Å². The van der Waals surface area contributed by atoms with Gasteiger partial charge in [-0.2, -0.15) is 0 Å². The van der Waals surface area contributed by atoms with Gasteiger partial charge in [0.25, 0.3) is 0 Å². The molecule has 1 unspecified atom stereocenters. The Bertz CT molecular complexity index is 1300. The molecule has 1 aliphatic heterocycles. The largest absolute Gasteiger partial charge is 0.497 e. The first kappa shape index (κ1) is 28.2. The van der Waals surface area contributed by atoms with Crippen molar-refractivity contribution in [1.82, 2.24) is 0 Å². The minimum Gasteiger partial charge on any atom is -0.497 e. The predicted molar refractivity (Wildman–Crippen MR) is 148 cm³/mol. The lowest BCUT2D eigenvalue weighted by molar-refractivity contribution is -0.146. The molecule has 1 aliphatic carbocycles. The number of nitrogens with zero attached hydrogens (tertiary/aromatic N) is 1. The number of unbranched alkanes of at least 4 members (excludes halogenated alkanes) is 1. The maximum atomic E-state index is 13.9. The van der Waals surface area contributed by atoms with Crippen molar-refractivity contribution < 1.29 is 33.3 Å². The van der Waals surface area contributed by atoms with Gasteiger partial charge in [-0.3, -0.25) is 14.6 Å². The number of rotatable bonds is 10. The third-order valence-electron chi connectivity index (χ3n) is 7.54. The normalized spacial score (nSPS) is 20.6. The van der Waals surface area contributed by atoms with Crippen LogP contribution in [0.4, 0.5) is 0 Å². The van der Waals surface area contributed by atoms with Crippen LogP contribution in [0.15, 0.2) is 52.7 Å². The molecule has 2 aliphatic rings. The van der Waals surface area contributed by atoms with Gasteiger partial charge in [0.1, 0.15) is 17.4 Å². The average molecular weight is 536 g/mol. The van der Waals surface area contributed by atoms with Gasteiger partial charge in [0.2, 0.25) is 0 Å². The van der Waals surface area contributed by atoms with Crippen LogP contribution in [-0.4, -0.2) is 52.5 Å². The first-order chi connectivity index (χ1) is 18.9. The van der Waals surface area contributed by atoms with E-state index in [0.717, 1.165) is 24.0 Å². The van der Waals surface area contributed by atoms with Crippen LogP contribution >= 0.6 is 0 Å². The number of methoxy groups -OCH3 is 4. The minimum atomic E-state index is -0.732. The Morgan fingerprint density at radius 1 is 0.923 bits per heavy atom. The molecule has 2 aromatic rings. The van der Waals surface area contributed by atoms with E-state index in [1.54, 1.807) is 34.5 Å². The van der Waals surface area contributed by atoms with E-state index < -0.39 is 11.8 Å². The Balaban J connectivity index is 1.79. The summed E-state index contributed by atoms with van der Waals surface area (Å²) >= 11 is 0. The van der Waals surface area contributed by atoms with Gasteiger partial charge in [0, 0.05) is 41.0 Å². The van der Waals surface area contributed by atoms with Crippen LogP contribution in [0.5, 0.6) is 23.0 Å². The van der Waals surface area contributed by atoms with Gasteiger partial charge in [-0.15, -0.1) is 0 Å². The lowest BCUT2D eigenvalue weighted by Crippen LogP contribution is -2.38. The highest BCUT2D eigenvalue weighted by molar-refractivity contribution is 6.09. The van der Waals surface area contributed by atoms with Crippen molar-refractivity contribution in [2.24, 2.45) is 10.9 Å². The van der Waals surface area contributed by atoms with E-state index in [1.807, 2.05) is 44.2 Å². The van der Waals surface area contributed by atoms with Crippen LogP contribution < -0.4 is 18.9 Å². The molecule has 0 fully saturated rings. The number of Topliss-reactive ketones (excluding diaryl/α,β-unsaturated/α-hetero) is 1. The molecule has 3 atom stereocenters. The third kappa shape index (κ3) is 5.65. The van der Waals surface area contributed by atoms with Gasteiger partial charge < -0.3 is 23.7 Å². The summed E-state index contributed by atoms with van der Waals surface area (Å²) < 4.78 is 27.7. The van der Waals surface area contributed by atoms with E-state index >= 15 is 0 Å². The van der Waals surface area contributed by atoms with E-state index in [2.05, 4.69) is 0 Å². The molecule has 39 heavy (non-hydrogen) atoms. The van der Waals surface area contributed by atoms with Crippen molar-refractivity contribution in [1.29, 1.82) is 0 Å². The number of hydrogen-bond acceptors (Lipinski definition) is 8. The van der Waals surface area contributed by atoms with Gasteiger partial charge >= 0.3 is 5.97 Å². The number of aliphatic imine (C=N–C) groups is 1. The Morgan fingerprint density at radius 3 is 2.33 bits per heavy atom. The van der Waals surface area contributed by atoms with Crippen LogP contribution in [0.25, 0.3) is 0 Å². The summed E-state index contributed by atoms with van der Waals surface area (Å²) in [4.78, 5) is 32.2. The van der Waals surface area contributed by atoms with Crippen molar-refractivity contribution >= 4 is 17.5 Å². The maximum absolute atomic E-state index is 13.9. The quantitative estimate of drug-likeness (QED) is 0.287. The standard InChI is InChI=1S/C31H37NO7/c1-7-8-13-39-31(34)28-18(2)32-23-14-20(19-9-12-25(36-4)27(16-19)38-6)15-24(33)30(23)29(28)22-11-10-21(35-3)17-26(22)37-5/h9-12,16-17,20,28-29H,7-8,13-15H2,1-6H3/t20-,28?,29+/m0/s1. The Labute approximate surface area is 230 Å². The predicted octanol–water partition coefficient (Wildman–Crippen LogP) is 5.64. The molecule has 0 saturated carbocycles. The number of carbonyl (C=O) groups excluding carboxylic acids is 2. The fraction of sp³-hybridized carbons (Fsp3) is 0.452. The highest BCUT2D eigenvalue weighted by Crippen LogP contribution is 2.49. The van der Waals surface area contributed by atoms with Gasteiger partial charge in [0.05, 0.1) is 35.0 Å². The van der Waals surface area contributed by atoms with Gasteiger partial charge in [0.15, 0.2) is 17.3 Å². The van der Waals surface area contributed by atoms with E-state index in [-0.39, 0.29) is 24.1 Å². The molecule has 0 radical (unpaired) electrons. The molecule has 4 rings (SSSR count). The number of ether oxygens (including phenoxy) is 5. The summed E-state index contributed by atoms with van der Waals surface area (Å²) in [7, 11) is 6.34. The van der Waals surface area contributed by atoms with Gasteiger partial charge in [-0.1, -0.05) is 25.5 Å². The summed E-state index contributed by atoms with van der Waals surface area (Å²) in [6, 6.07) is 11.2. The summed E-state index contributed by atoms with van der Waals surface area (Å²) in [5, 5.41) is 0. The smallest absolute Gasteiger partial charge is 0.315 e. The number of ketones is 1. The number of benzene rings is 2. The van der Waals surface area contributed by atoms with E-state index in [4.69, 9.17) is 28.7 Å². The molecule has 1 heterocycles. The lowest BCUT2D eigenvalue weighted by atomic mass is 9.69. The molecule has 8 nitrogen and oxygen atoms in total. The van der Waals surface area contributed by atoms with E-state index in [1.165, 1.54) is 0 Å². The maximum Gasteiger partial charge on any atom is 0.315 e. The number of esters is 1. The summed E-state index contributed by atoms with van der Waals surface area (Å²) in [5.74, 6) is 0.594. The zero-order valence-electron chi connectivity index (χ0n) is 23.5. The molecular formula is C31H37NO7. The molecule has 0 N–H and O–H groups in total. The molecule has 8 heteroatoms. The lowest BCUT2D eigenvalue weighted by Gasteiger charge is -2.37. The molecule has 0 amide bonds. The van der Waals surface area contributed by atoms with Crippen molar-refractivity contribution in [3.63, 3.8) is 0 Å². The Hall–Kier alpha value is -3.81. The van der Waals surface area contributed by atoms with Crippen molar-refractivity contribution in [2.75, 3.05) is 35.0 Å². The Morgan fingerprint density at radius 2 is 1.67 bits per heavy atom. The van der Waals surface area contributed by atoms with Gasteiger partial charge in [-0.25, -0.2) is 0 Å². The van der Waals surface area contributed by atoms with Gasteiger partial charge in [-0.05, 0) is 49.4 Å². The van der Waals surface area contributed by atoms with Crippen LogP contribution in [0.3, 0.4) is 0 Å². The van der Waals surface area contributed by atoms with Crippen molar-refractivity contribution in [3.05, 3.63) is 58.8 Å². The summed E-state index contributed by atoms with van der Waals surface area (Å²) in [6.45, 7) is 4.20. The fourth-order valence-electron chi connectivity index (χ4n) is 5.53. The minimum absolute atomic E-state index is 0.0403. The van der Waals surface area contributed by atoms with Crippen LogP contribution in [0.1, 0.15) is 62.5 Å². The summed E-state index contributed by atoms with van der Waals surface area (Å²) in [5.41, 5.74) is 3.58. The topological polar surface area (TPSA) is 92.7 Å². The highest BCUT2D eigenvalue weighted by Gasteiger charge is 2.45. The van der Waals surface area contributed by atoms with E-state index in [9.17, 15) is 9.59 Å². The fourth-order valence-corrected chi connectivity index (χ4v) is 5.53. The second kappa shape index (κ2) is 12.4. The molecule has 0 spiro atoms.